The van der Waals surface area contributed by atoms with Crippen LogP contribution in [-0.4, -0.2) is 86.1 Å². The minimum absolute atomic E-state index is 0.0851. The molecule has 6 N–H and O–H groups in total. The first-order chi connectivity index (χ1) is 27.4. The van der Waals surface area contributed by atoms with Crippen LogP contribution < -0.4 is 31.7 Å². The van der Waals surface area contributed by atoms with E-state index in [1.165, 1.54) is 83.5 Å². The molecule has 314 valence electrons. The third kappa shape index (κ3) is 18.1. The van der Waals surface area contributed by atoms with Crippen molar-refractivity contribution in [1.82, 2.24) is 20.2 Å². The Morgan fingerprint density at radius 2 is 1.43 bits per heavy atom. The summed E-state index contributed by atoms with van der Waals surface area (Å²) in [5.74, 6) is 1.46. The van der Waals surface area contributed by atoms with E-state index in [1.54, 1.807) is 18.2 Å². The molecule has 56 heavy (non-hydrogen) atoms. The fraction of sp³-hybridized carbons (Fsp3) is 0.698. The standard InChI is InChI=1S/C43H73N9O4/c1-4-6-8-9-10-11-12-13-14-15-16-17-18-19-20-22-39(53)47-26-21-31-56-43(54)52-29-27-51(28-30-52)36-24-23-35(38(32-36)55-3)33-46-34-37-40(44)41(48-25-7-5-2)50-42(45)49-37/h23-24,32,34H,4-22,25-31,33,44H2,1-3H3,(H,47,53)(H3,45,48,49,50). The van der Waals surface area contributed by atoms with Gasteiger partial charge >= 0.3 is 6.09 Å². The summed E-state index contributed by atoms with van der Waals surface area (Å²) in [7, 11) is 1.64. The maximum Gasteiger partial charge on any atom is 0.409 e. The minimum Gasteiger partial charge on any atom is -0.496 e. The van der Waals surface area contributed by atoms with Gasteiger partial charge in [0, 0.05) is 69.2 Å². The van der Waals surface area contributed by atoms with Gasteiger partial charge in [0.15, 0.2) is 5.82 Å². The number of rotatable bonds is 29. The van der Waals surface area contributed by atoms with Crippen LogP contribution in [0.3, 0.4) is 0 Å². The topological polar surface area (TPSA) is 173 Å². The fourth-order valence-electron chi connectivity index (χ4n) is 6.86. The van der Waals surface area contributed by atoms with Crippen molar-refractivity contribution < 1.29 is 19.1 Å². The Labute approximate surface area is 337 Å². The average molecular weight is 780 g/mol. The van der Waals surface area contributed by atoms with Crippen LogP contribution in [0.25, 0.3) is 0 Å². The SMILES string of the molecule is CCCCCCCCCCCCCCCCCC(=O)NCCCOC(=O)N1CCN(c2ccc(CN=Cc3nc(N)nc(NCCCC)c3N)c(OC)c2)CC1. The molecule has 2 aromatic rings. The van der Waals surface area contributed by atoms with Crippen molar-refractivity contribution in [2.45, 2.75) is 142 Å². The Kier molecular flexibility index (Phi) is 23.2. The van der Waals surface area contributed by atoms with E-state index in [0.717, 1.165) is 49.2 Å². The molecule has 0 saturated carbocycles. The van der Waals surface area contributed by atoms with Gasteiger partial charge in [-0.1, -0.05) is 116 Å². The van der Waals surface area contributed by atoms with Crippen LogP contribution in [0.2, 0.25) is 0 Å². The third-order valence-electron chi connectivity index (χ3n) is 10.3. The van der Waals surface area contributed by atoms with Crippen molar-refractivity contribution in [3.63, 3.8) is 0 Å². The van der Waals surface area contributed by atoms with Crippen LogP contribution in [0.4, 0.5) is 27.9 Å². The number of ether oxygens (including phenoxy) is 2. The number of aliphatic imine (C=N–C) groups is 1. The number of nitrogen functional groups attached to an aromatic ring is 2. The van der Waals surface area contributed by atoms with Crippen LogP contribution in [-0.2, 0) is 16.1 Å². The summed E-state index contributed by atoms with van der Waals surface area (Å²) in [6, 6.07) is 6.04. The van der Waals surface area contributed by atoms with Crippen molar-refractivity contribution in [3.05, 3.63) is 29.5 Å². The first-order valence-electron chi connectivity index (χ1n) is 21.6. The summed E-state index contributed by atoms with van der Waals surface area (Å²) in [6.07, 6.45) is 24.2. The lowest BCUT2D eigenvalue weighted by Gasteiger charge is -2.35. The highest BCUT2D eigenvalue weighted by Gasteiger charge is 2.23. The molecule has 0 aliphatic carbocycles. The smallest absolute Gasteiger partial charge is 0.409 e. The molecule has 2 heterocycles. The van der Waals surface area contributed by atoms with Gasteiger partial charge in [-0.15, -0.1) is 0 Å². The second-order valence-corrected chi connectivity index (χ2v) is 15.0. The number of carbonyl (C=O) groups is 2. The number of piperazine rings is 1. The van der Waals surface area contributed by atoms with Crippen LogP contribution in [0.15, 0.2) is 23.2 Å². The van der Waals surface area contributed by atoms with Crippen molar-refractivity contribution in [3.8, 4) is 5.75 Å². The molecular formula is C43H73N9O4. The lowest BCUT2D eigenvalue weighted by Crippen LogP contribution is -2.49. The van der Waals surface area contributed by atoms with E-state index in [0.29, 0.717) is 69.3 Å². The Morgan fingerprint density at radius 1 is 0.804 bits per heavy atom. The summed E-state index contributed by atoms with van der Waals surface area (Å²) in [6.45, 7) is 8.77. The zero-order valence-corrected chi connectivity index (χ0v) is 34.9. The Hall–Kier alpha value is -4.29. The number of nitrogens with one attached hydrogen (secondary N) is 2. The molecule has 13 nitrogen and oxygen atoms in total. The monoisotopic (exact) mass is 780 g/mol. The molecule has 1 aromatic carbocycles. The molecule has 1 fully saturated rings. The zero-order valence-electron chi connectivity index (χ0n) is 34.9. The number of nitrogens with zero attached hydrogens (tertiary/aromatic N) is 5. The first kappa shape index (κ1) is 46.1. The van der Waals surface area contributed by atoms with Crippen molar-refractivity contribution in [2.24, 2.45) is 4.99 Å². The van der Waals surface area contributed by atoms with Crippen LogP contribution in [0.5, 0.6) is 5.75 Å². The molecule has 0 radical (unpaired) electrons. The van der Waals surface area contributed by atoms with Gasteiger partial charge in [-0.05, 0) is 25.3 Å². The van der Waals surface area contributed by atoms with Gasteiger partial charge in [0.05, 0.1) is 20.3 Å². The lowest BCUT2D eigenvalue weighted by molar-refractivity contribution is -0.121. The van der Waals surface area contributed by atoms with E-state index in [2.05, 4.69) is 44.3 Å². The number of nitrogens with two attached hydrogens (primary N) is 2. The number of methoxy groups -OCH3 is 1. The summed E-state index contributed by atoms with van der Waals surface area (Å²) >= 11 is 0. The number of anilines is 4. The number of aromatic nitrogens is 2. The molecule has 0 atom stereocenters. The number of unbranched alkanes of at least 4 members (excludes halogenated alkanes) is 15. The Bertz CT molecular complexity index is 1430. The second-order valence-electron chi connectivity index (χ2n) is 15.0. The van der Waals surface area contributed by atoms with Gasteiger partial charge in [-0.3, -0.25) is 9.79 Å². The highest BCUT2D eigenvalue weighted by atomic mass is 16.6. The molecule has 1 saturated heterocycles. The Balaban J connectivity index is 1.24. The number of carbonyl (C=O) groups excluding carboxylic acids is 2. The van der Waals surface area contributed by atoms with Crippen LogP contribution in [0, 0.1) is 0 Å². The largest absolute Gasteiger partial charge is 0.496 e. The quantitative estimate of drug-likeness (QED) is 0.0463. The molecule has 0 spiro atoms. The van der Waals surface area contributed by atoms with Gasteiger partial charge in [0.1, 0.15) is 17.1 Å². The molecule has 0 bridgehead atoms. The average Bonchev–Trinajstić information content (AvgIpc) is 3.20. The van der Waals surface area contributed by atoms with Crippen molar-refractivity contribution >= 4 is 41.4 Å². The van der Waals surface area contributed by atoms with E-state index in [1.807, 2.05) is 18.2 Å². The van der Waals surface area contributed by atoms with Crippen LogP contribution >= 0.6 is 0 Å². The molecule has 0 unspecified atom stereocenters. The minimum atomic E-state index is -0.311. The molecule has 1 aliphatic heterocycles. The molecule has 1 aromatic heterocycles. The fourth-order valence-corrected chi connectivity index (χ4v) is 6.86. The third-order valence-corrected chi connectivity index (χ3v) is 10.3. The molecule has 3 rings (SSSR count). The van der Waals surface area contributed by atoms with Gasteiger partial charge in [0.2, 0.25) is 11.9 Å². The predicted octanol–water partition coefficient (Wildman–Crippen LogP) is 8.51. The van der Waals surface area contributed by atoms with Crippen LogP contribution in [0.1, 0.15) is 147 Å². The summed E-state index contributed by atoms with van der Waals surface area (Å²) in [5.41, 5.74) is 15.0. The number of hydrogen-bond acceptors (Lipinski definition) is 11. The Morgan fingerprint density at radius 3 is 2.05 bits per heavy atom. The molecular weight excluding hydrogens is 707 g/mol. The van der Waals surface area contributed by atoms with E-state index in [-0.39, 0.29) is 24.6 Å². The summed E-state index contributed by atoms with van der Waals surface area (Å²) in [4.78, 5) is 41.9. The summed E-state index contributed by atoms with van der Waals surface area (Å²) in [5, 5.41) is 6.19. The van der Waals surface area contributed by atoms with Gasteiger partial charge in [0.25, 0.3) is 0 Å². The zero-order chi connectivity index (χ0) is 40.2. The molecule has 13 heteroatoms. The van der Waals surface area contributed by atoms with E-state index >= 15 is 0 Å². The first-order valence-corrected chi connectivity index (χ1v) is 21.6. The van der Waals surface area contributed by atoms with Gasteiger partial charge in [-0.25, -0.2) is 9.78 Å². The van der Waals surface area contributed by atoms with Crippen molar-refractivity contribution in [1.29, 1.82) is 0 Å². The van der Waals surface area contributed by atoms with E-state index < -0.39 is 0 Å². The van der Waals surface area contributed by atoms with Crippen molar-refractivity contribution in [2.75, 3.05) is 74.7 Å². The van der Waals surface area contributed by atoms with E-state index in [4.69, 9.17) is 20.9 Å². The number of benzene rings is 1. The van der Waals surface area contributed by atoms with Gasteiger partial charge in [-0.2, -0.15) is 4.98 Å². The normalized spacial score (nSPS) is 13.0. The predicted molar refractivity (Wildman–Crippen MR) is 231 cm³/mol. The summed E-state index contributed by atoms with van der Waals surface area (Å²) < 4.78 is 11.2. The highest BCUT2D eigenvalue weighted by molar-refractivity contribution is 5.89. The lowest BCUT2D eigenvalue weighted by atomic mass is 10.0. The van der Waals surface area contributed by atoms with Gasteiger partial charge < -0.3 is 41.4 Å². The molecule has 2 amide bonds. The maximum absolute atomic E-state index is 12.7. The second kappa shape index (κ2) is 28.2. The molecule has 1 aliphatic rings. The highest BCUT2D eigenvalue weighted by Crippen LogP contribution is 2.28. The number of amides is 2. The van der Waals surface area contributed by atoms with E-state index in [9.17, 15) is 9.59 Å². The maximum atomic E-state index is 12.7. The number of hydrogen-bond donors (Lipinski definition) is 4.